The fraction of sp³-hybridized carbons (Fsp3) is 0.409. The number of ether oxygens (including phenoxy) is 1. The van der Waals surface area contributed by atoms with E-state index < -0.39 is 0 Å². The van der Waals surface area contributed by atoms with Crippen molar-refractivity contribution in [2.75, 3.05) is 6.61 Å². The van der Waals surface area contributed by atoms with Crippen LogP contribution in [0.1, 0.15) is 54.0 Å². The summed E-state index contributed by atoms with van der Waals surface area (Å²) in [6.45, 7) is 8.90. The Hall–Kier alpha value is -2.73. The van der Waals surface area contributed by atoms with Crippen LogP contribution < -0.4 is 0 Å². The number of fused-ring (bicyclic) bond motifs is 1. The van der Waals surface area contributed by atoms with Gasteiger partial charge in [0.05, 0.1) is 25.2 Å². The van der Waals surface area contributed by atoms with Crippen LogP contribution in [-0.2, 0) is 22.7 Å². The van der Waals surface area contributed by atoms with Crippen molar-refractivity contribution in [1.82, 2.24) is 15.0 Å². The van der Waals surface area contributed by atoms with Gasteiger partial charge in [0.15, 0.2) is 0 Å². The van der Waals surface area contributed by atoms with E-state index in [2.05, 4.69) is 16.4 Å². The highest BCUT2D eigenvalue weighted by molar-refractivity contribution is 5.80. The average Bonchev–Trinajstić information content (AvgIpc) is 3.11. The molecule has 6 heteroatoms. The summed E-state index contributed by atoms with van der Waals surface area (Å²) in [4.78, 5) is 12.3. The zero-order valence-corrected chi connectivity index (χ0v) is 16.9. The number of aryl methyl sites for hydroxylation is 3. The van der Waals surface area contributed by atoms with Crippen molar-refractivity contribution < 1.29 is 14.6 Å². The summed E-state index contributed by atoms with van der Waals surface area (Å²) >= 11 is 0. The van der Waals surface area contributed by atoms with E-state index in [1.807, 2.05) is 56.6 Å². The average molecular weight is 381 g/mol. The number of aliphatic hydroxyl groups excluding tert-OH is 1. The van der Waals surface area contributed by atoms with E-state index in [1.165, 1.54) is 0 Å². The summed E-state index contributed by atoms with van der Waals surface area (Å²) in [7, 11) is 0. The summed E-state index contributed by atoms with van der Waals surface area (Å²) in [6, 6.07) is 10.0. The molecule has 1 aromatic heterocycles. The van der Waals surface area contributed by atoms with Gasteiger partial charge in [-0.3, -0.25) is 4.79 Å². The molecule has 28 heavy (non-hydrogen) atoms. The maximum absolute atomic E-state index is 12.3. The molecule has 0 saturated heterocycles. The zero-order chi connectivity index (χ0) is 20.3. The summed E-state index contributed by atoms with van der Waals surface area (Å²) < 4.78 is 7.09. The number of hydrogen-bond donors (Lipinski definition) is 1. The lowest BCUT2D eigenvalue weighted by atomic mass is 9.84. The number of carbonyl (C=O) groups excluding carboxylic acids is 1. The number of rotatable bonds is 7. The molecule has 0 aliphatic heterocycles. The fourth-order valence-corrected chi connectivity index (χ4v) is 3.67. The van der Waals surface area contributed by atoms with Gasteiger partial charge in [-0.1, -0.05) is 29.5 Å². The first-order valence-corrected chi connectivity index (χ1v) is 9.68. The monoisotopic (exact) mass is 381 g/mol. The largest absolute Gasteiger partial charge is 0.466 e. The second kappa shape index (κ2) is 8.52. The molecule has 1 heterocycles. The van der Waals surface area contributed by atoms with Gasteiger partial charge in [0.1, 0.15) is 5.52 Å². The SMILES string of the molecule is CCOC(=O)C[C@H](c1ccc(C)c(CO)c1)c1ccc2c(nnn2CC)c1C. The molecule has 148 valence electrons. The number of hydrogen-bond acceptors (Lipinski definition) is 5. The molecule has 0 amide bonds. The number of aliphatic hydroxyl groups is 1. The first-order valence-electron chi connectivity index (χ1n) is 9.68. The molecule has 1 atom stereocenters. The molecular formula is C22H27N3O3. The predicted octanol–water partition coefficient (Wildman–Crippen LogP) is 3.65. The van der Waals surface area contributed by atoms with Crippen LogP contribution in [0.4, 0.5) is 0 Å². The lowest BCUT2D eigenvalue weighted by Gasteiger charge is -2.21. The van der Waals surface area contributed by atoms with Gasteiger partial charge in [-0.2, -0.15) is 0 Å². The summed E-state index contributed by atoms with van der Waals surface area (Å²) in [5.41, 5.74) is 6.74. The van der Waals surface area contributed by atoms with Gasteiger partial charge in [-0.25, -0.2) is 4.68 Å². The third-order valence-corrected chi connectivity index (χ3v) is 5.28. The Kier molecular flexibility index (Phi) is 6.09. The van der Waals surface area contributed by atoms with Crippen LogP contribution in [0.3, 0.4) is 0 Å². The second-order valence-corrected chi connectivity index (χ2v) is 6.96. The minimum absolute atomic E-state index is 0.0331. The molecule has 3 rings (SSSR count). The highest BCUT2D eigenvalue weighted by atomic mass is 16.5. The quantitative estimate of drug-likeness (QED) is 0.632. The standard InChI is InChI=1S/C22H27N3O3/c1-5-25-20-10-9-18(15(4)22(20)23-24-25)19(12-21(27)28-6-2)16-8-7-14(3)17(11-16)13-26/h7-11,19,26H,5-6,12-13H2,1-4H3/t19-/m1/s1. The molecule has 6 nitrogen and oxygen atoms in total. The predicted molar refractivity (Wildman–Crippen MR) is 108 cm³/mol. The summed E-state index contributed by atoms with van der Waals surface area (Å²) in [5, 5.41) is 18.2. The van der Waals surface area contributed by atoms with Gasteiger partial charge in [0, 0.05) is 12.5 Å². The van der Waals surface area contributed by atoms with Gasteiger partial charge in [-0.15, -0.1) is 5.10 Å². The van der Waals surface area contributed by atoms with Crippen LogP contribution in [0.25, 0.3) is 11.0 Å². The first-order chi connectivity index (χ1) is 13.5. The third-order valence-electron chi connectivity index (χ3n) is 5.28. The van der Waals surface area contributed by atoms with Crippen LogP contribution in [0.5, 0.6) is 0 Å². The van der Waals surface area contributed by atoms with Gasteiger partial charge in [0.25, 0.3) is 0 Å². The number of carbonyl (C=O) groups is 1. The molecule has 2 aromatic carbocycles. The van der Waals surface area contributed by atoms with Gasteiger partial charge in [0.2, 0.25) is 0 Å². The number of aromatic nitrogens is 3. The first kappa shape index (κ1) is 20.0. The van der Waals surface area contributed by atoms with Crippen molar-refractivity contribution in [3.8, 4) is 0 Å². The molecule has 0 bridgehead atoms. The van der Waals surface area contributed by atoms with Crippen LogP contribution in [0, 0.1) is 13.8 Å². The third kappa shape index (κ3) is 3.78. The zero-order valence-electron chi connectivity index (χ0n) is 16.9. The molecule has 0 spiro atoms. The minimum atomic E-state index is -0.240. The van der Waals surface area contributed by atoms with E-state index in [0.717, 1.165) is 45.4 Å². The topological polar surface area (TPSA) is 77.2 Å². The molecule has 0 aliphatic rings. The molecule has 0 saturated carbocycles. The van der Waals surface area contributed by atoms with Crippen molar-refractivity contribution in [1.29, 1.82) is 0 Å². The van der Waals surface area contributed by atoms with Crippen molar-refractivity contribution in [2.24, 2.45) is 0 Å². The van der Waals surface area contributed by atoms with Gasteiger partial charge in [-0.05, 0) is 61.6 Å². The molecular weight excluding hydrogens is 354 g/mol. The van der Waals surface area contributed by atoms with E-state index >= 15 is 0 Å². The normalized spacial score (nSPS) is 12.3. The molecule has 0 unspecified atom stereocenters. The Labute approximate surface area is 165 Å². The Morgan fingerprint density at radius 1 is 1.21 bits per heavy atom. The van der Waals surface area contributed by atoms with Crippen LogP contribution in [-0.4, -0.2) is 32.7 Å². The van der Waals surface area contributed by atoms with Crippen LogP contribution >= 0.6 is 0 Å². The lowest BCUT2D eigenvalue weighted by Crippen LogP contribution is -2.13. The van der Waals surface area contributed by atoms with Crippen molar-refractivity contribution in [2.45, 2.75) is 53.2 Å². The van der Waals surface area contributed by atoms with Crippen molar-refractivity contribution in [3.05, 3.63) is 58.1 Å². The number of esters is 1. The minimum Gasteiger partial charge on any atom is -0.466 e. The molecule has 1 N–H and O–H groups in total. The van der Waals surface area contributed by atoms with Gasteiger partial charge >= 0.3 is 5.97 Å². The fourth-order valence-electron chi connectivity index (χ4n) is 3.67. The Morgan fingerprint density at radius 2 is 2.00 bits per heavy atom. The van der Waals surface area contributed by atoms with Crippen molar-refractivity contribution in [3.63, 3.8) is 0 Å². The van der Waals surface area contributed by atoms with Crippen molar-refractivity contribution >= 4 is 17.0 Å². The molecule has 0 radical (unpaired) electrons. The lowest BCUT2D eigenvalue weighted by molar-refractivity contribution is -0.143. The van der Waals surface area contributed by atoms with E-state index in [9.17, 15) is 9.90 Å². The highest BCUT2D eigenvalue weighted by Crippen LogP contribution is 2.34. The maximum Gasteiger partial charge on any atom is 0.306 e. The Bertz CT molecular complexity index is 994. The second-order valence-electron chi connectivity index (χ2n) is 6.96. The van der Waals surface area contributed by atoms with Crippen LogP contribution in [0.2, 0.25) is 0 Å². The van der Waals surface area contributed by atoms with E-state index in [4.69, 9.17) is 4.74 Å². The number of benzene rings is 2. The van der Waals surface area contributed by atoms with Gasteiger partial charge < -0.3 is 9.84 Å². The summed E-state index contributed by atoms with van der Waals surface area (Å²) in [6.07, 6.45) is 0.232. The van der Waals surface area contributed by atoms with Crippen LogP contribution in [0.15, 0.2) is 30.3 Å². The Balaban J connectivity index is 2.12. The highest BCUT2D eigenvalue weighted by Gasteiger charge is 2.23. The van der Waals surface area contributed by atoms with E-state index in [0.29, 0.717) is 6.61 Å². The number of nitrogens with zero attached hydrogens (tertiary/aromatic N) is 3. The summed E-state index contributed by atoms with van der Waals surface area (Å²) in [5.74, 6) is -0.420. The molecule has 3 aromatic rings. The van der Waals surface area contributed by atoms with E-state index in [1.54, 1.807) is 0 Å². The molecule has 0 aliphatic carbocycles. The smallest absolute Gasteiger partial charge is 0.306 e. The Morgan fingerprint density at radius 3 is 2.68 bits per heavy atom. The molecule has 0 fully saturated rings. The maximum atomic E-state index is 12.3. The van der Waals surface area contributed by atoms with E-state index in [-0.39, 0.29) is 24.9 Å².